The van der Waals surface area contributed by atoms with Crippen molar-refractivity contribution in [2.45, 2.75) is 32.2 Å². The number of anilines is 1. The maximum Gasteiger partial charge on any atom is 0.244 e. The maximum atomic E-state index is 12.0. The quantitative estimate of drug-likeness (QED) is 0.866. The molecular formula is C14H20N2O. The van der Waals surface area contributed by atoms with Crippen LogP contribution in [0.3, 0.4) is 0 Å². The first-order chi connectivity index (χ1) is 8.13. The van der Waals surface area contributed by atoms with Crippen molar-refractivity contribution in [1.29, 1.82) is 0 Å². The Kier molecular flexibility index (Phi) is 3.48. The molecule has 92 valence electrons. The van der Waals surface area contributed by atoms with E-state index in [-0.39, 0.29) is 11.9 Å². The number of benzene rings is 1. The predicted molar refractivity (Wildman–Crippen MR) is 70.3 cm³/mol. The smallest absolute Gasteiger partial charge is 0.244 e. The van der Waals surface area contributed by atoms with Crippen LogP contribution in [-0.2, 0) is 4.79 Å². The summed E-state index contributed by atoms with van der Waals surface area (Å²) in [4.78, 5) is 13.9. The normalized spacial score (nSPS) is 20.4. The van der Waals surface area contributed by atoms with Crippen LogP contribution in [0, 0.1) is 0 Å². The van der Waals surface area contributed by atoms with Gasteiger partial charge in [-0.05, 0) is 37.1 Å². The summed E-state index contributed by atoms with van der Waals surface area (Å²) in [5.41, 5.74) is 2.32. The van der Waals surface area contributed by atoms with Crippen LogP contribution in [0.25, 0.3) is 0 Å². The first-order valence-electron chi connectivity index (χ1n) is 6.22. The molecule has 1 unspecified atom stereocenters. The lowest BCUT2D eigenvalue weighted by molar-refractivity contribution is -0.118. The summed E-state index contributed by atoms with van der Waals surface area (Å²) in [6, 6.07) is 8.30. The van der Waals surface area contributed by atoms with Crippen LogP contribution in [0.5, 0.6) is 0 Å². The van der Waals surface area contributed by atoms with Gasteiger partial charge in [0.2, 0.25) is 5.91 Å². The zero-order valence-electron chi connectivity index (χ0n) is 10.7. The summed E-state index contributed by atoms with van der Waals surface area (Å²) in [5.74, 6) is 0.716. The van der Waals surface area contributed by atoms with Crippen molar-refractivity contribution in [2.24, 2.45) is 0 Å². The zero-order valence-corrected chi connectivity index (χ0v) is 10.7. The third-order valence-electron chi connectivity index (χ3n) is 3.43. The Hall–Kier alpha value is -1.35. The van der Waals surface area contributed by atoms with Crippen LogP contribution in [0.4, 0.5) is 5.69 Å². The lowest BCUT2D eigenvalue weighted by atomic mass is 10.0. The number of rotatable bonds is 3. The number of carbonyl (C=O) groups is 1. The van der Waals surface area contributed by atoms with Crippen LogP contribution in [0.2, 0.25) is 0 Å². The van der Waals surface area contributed by atoms with E-state index in [0.29, 0.717) is 5.92 Å². The Morgan fingerprint density at radius 2 is 1.94 bits per heavy atom. The second-order valence-corrected chi connectivity index (χ2v) is 4.87. The minimum atomic E-state index is -0.0141. The first kappa shape index (κ1) is 12.1. The van der Waals surface area contributed by atoms with E-state index >= 15 is 0 Å². The van der Waals surface area contributed by atoms with E-state index in [2.05, 4.69) is 31.3 Å². The summed E-state index contributed by atoms with van der Waals surface area (Å²) in [6.45, 7) is 5.16. The van der Waals surface area contributed by atoms with Gasteiger partial charge < -0.3 is 10.2 Å². The molecule has 1 atom stereocenters. The second kappa shape index (κ2) is 4.88. The van der Waals surface area contributed by atoms with Crippen molar-refractivity contribution in [3.63, 3.8) is 0 Å². The molecule has 1 saturated heterocycles. The van der Waals surface area contributed by atoms with Crippen molar-refractivity contribution >= 4 is 11.6 Å². The van der Waals surface area contributed by atoms with Gasteiger partial charge in [0.25, 0.3) is 0 Å². The molecule has 0 saturated carbocycles. The Morgan fingerprint density at radius 1 is 1.29 bits per heavy atom. The molecular weight excluding hydrogens is 212 g/mol. The van der Waals surface area contributed by atoms with Gasteiger partial charge in [-0.3, -0.25) is 4.79 Å². The molecule has 3 nitrogen and oxygen atoms in total. The number of likely N-dealkylation sites (N-methyl/N-ethyl adjacent to an activating group) is 1. The van der Waals surface area contributed by atoms with Gasteiger partial charge in [0, 0.05) is 12.2 Å². The molecule has 1 aromatic rings. The summed E-state index contributed by atoms with van der Waals surface area (Å²) in [6.07, 6.45) is 0.890. The topological polar surface area (TPSA) is 32.3 Å². The summed E-state index contributed by atoms with van der Waals surface area (Å²) < 4.78 is 0. The Bertz CT molecular complexity index is 397. The van der Waals surface area contributed by atoms with Crippen LogP contribution >= 0.6 is 0 Å². The van der Waals surface area contributed by atoms with Crippen LogP contribution in [0.1, 0.15) is 31.7 Å². The SMILES string of the molecule is CNC1CCN(c2ccc(C(C)C)cc2)C1=O. The van der Waals surface area contributed by atoms with E-state index in [0.717, 1.165) is 18.7 Å². The van der Waals surface area contributed by atoms with Crippen molar-refractivity contribution in [1.82, 2.24) is 5.32 Å². The number of nitrogens with zero attached hydrogens (tertiary/aromatic N) is 1. The fraction of sp³-hybridized carbons (Fsp3) is 0.500. The molecule has 17 heavy (non-hydrogen) atoms. The van der Waals surface area contributed by atoms with Crippen molar-refractivity contribution < 1.29 is 4.79 Å². The zero-order chi connectivity index (χ0) is 12.4. The Balaban J connectivity index is 2.16. The van der Waals surface area contributed by atoms with Gasteiger partial charge in [0.1, 0.15) is 0 Å². The van der Waals surface area contributed by atoms with Crippen molar-refractivity contribution in [3.8, 4) is 0 Å². The van der Waals surface area contributed by atoms with E-state index in [9.17, 15) is 4.79 Å². The number of nitrogens with one attached hydrogen (secondary N) is 1. The minimum absolute atomic E-state index is 0.0141. The molecule has 1 amide bonds. The molecule has 0 aromatic heterocycles. The molecule has 1 fully saturated rings. The highest BCUT2D eigenvalue weighted by Gasteiger charge is 2.30. The highest BCUT2D eigenvalue weighted by atomic mass is 16.2. The van der Waals surface area contributed by atoms with E-state index in [4.69, 9.17) is 0 Å². The fourth-order valence-electron chi connectivity index (χ4n) is 2.24. The molecule has 0 bridgehead atoms. The molecule has 1 aromatic carbocycles. The number of amides is 1. The molecule has 1 N–H and O–H groups in total. The molecule has 0 aliphatic carbocycles. The van der Waals surface area contributed by atoms with Crippen molar-refractivity contribution in [2.75, 3.05) is 18.5 Å². The summed E-state index contributed by atoms with van der Waals surface area (Å²) in [5, 5.41) is 3.05. The monoisotopic (exact) mass is 232 g/mol. The third kappa shape index (κ3) is 2.34. The number of carbonyl (C=O) groups excluding carboxylic acids is 1. The van der Waals surface area contributed by atoms with Crippen LogP contribution < -0.4 is 10.2 Å². The van der Waals surface area contributed by atoms with Gasteiger partial charge in [-0.25, -0.2) is 0 Å². The van der Waals surface area contributed by atoms with Crippen molar-refractivity contribution in [3.05, 3.63) is 29.8 Å². The Morgan fingerprint density at radius 3 is 2.41 bits per heavy atom. The first-order valence-corrected chi connectivity index (χ1v) is 6.22. The van der Waals surface area contributed by atoms with Gasteiger partial charge in [0.05, 0.1) is 6.04 Å². The number of hydrogen-bond donors (Lipinski definition) is 1. The fourth-order valence-corrected chi connectivity index (χ4v) is 2.24. The Labute approximate surface area is 103 Å². The standard InChI is InChI=1S/C14H20N2O/c1-10(2)11-4-6-12(7-5-11)16-9-8-13(15-3)14(16)17/h4-7,10,13,15H,8-9H2,1-3H3. The molecule has 1 aliphatic rings. The summed E-state index contributed by atoms with van der Waals surface area (Å²) >= 11 is 0. The van der Waals surface area contributed by atoms with Crippen LogP contribution in [-0.4, -0.2) is 25.5 Å². The highest BCUT2D eigenvalue weighted by Crippen LogP contribution is 2.24. The van der Waals surface area contributed by atoms with E-state index in [1.165, 1.54) is 5.56 Å². The minimum Gasteiger partial charge on any atom is -0.311 e. The van der Waals surface area contributed by atoms with Gasteiger partial charge >= 0.3 is 0 Å². The molecule has 0 spiro atoms. The van der Waals surface area contributed by atoms with E-state index in [1.54, 1.807) is 0 Å². The highest BCUT2D eigenvalue weighted by molar-refractivity contribution is 5.99. The summed E-state index contributed by atoms with van der Waals surface area (Å²) in [7, 11) is 1.84. The average molecular weight is 232 g/mol. The number of hydrogen-bond acceptors (Lipinski definition) is 2. The second-order valence-electron chi connectivity index (χ2n) is 4.87. The molecule has 3 heteroatoms. The average Bonchev–Trinajstić information content (AvgIpc) is 2.70. The van der Waals surface area contributed by atoms with Gasteiger partial charge in [-0.15, -0.1) is 0 Å². The largest absolute Gasteiger partial charge is 0.311 e. The van der Waals surface area contributed by atoms with E-state index in [1.807, 2.05) is 24.1 Å². The van der Waals surface area contributed by atoms with Gasteiger partial charge in [0.15, 0.2) is 0 Å². The predicted octanol–water partition coefficient (Wildman–Crippen LogP) is 2.13. The van der Waals surface area contributed by atoms with Gasteiger partial charge in [-0.1, -0.05) is 26.0 Å². The van der Waals surface area contributed by atoms with E-state index < -0.39 is 0 Å². The lowest BCUT2D eigenvalue weighted by Gasteiger charge is -2.17. The molecule has 1 aliphatic heterocycles. The molecule has 0 radical (unpaired) electrons. The lowest BCUT2D eigenvalue weighted by Crippen LogP contribution is -2.36. The molecule has 1 heterocycles. The maximum absolute atomic E-state index is 12.0. The van der Waals surface area contributed by atoms with Gasteiger partial charge in [-0.2, -0.15) is 0 Å². The third-order valence-corrected chi connectivity index (χ3v) is 3.43. The molecule has 2 rings (SSSR count). The van der Waals surface area contributed by atoms with Crippen LogP contribution in [0.15, 0.2) is 24.3 Å².